The van der Waals surface area contributed by atoms with Gasteiger partial charge in [0.25, 0.3) is 0 Å². The van der Waals surface area contributed by atoms with Gasteiger partial charge in [-0.2, -0.15) is 0 Å². The van der Waals surface area contributed by atoms with Crippen LogP contribution in [0.4, 0.5) is 0 Å². The number of pyridine rings is 1. The van der Waals surface area contributed by atoms with Crippen LogP contribution in [0.1, 0.15) is 27.5 Å². The summed E-state index contributed by atoms with van der Waals surface area (Å²) in [7, 11) is -1.25. The van der Waals surface area contributed by atoms with E-state index in [0.29, 0.717) is 5.56 Å². The van der Waals surface area contributed by atoms with Crippen molar-refractivity contribution in [2.45, 2.75) is 11.8 Å². The molecule has 0 unspecified atom stereocenters. The molecule has 1 atom stereocenters. The minimum atomic E-state index is -3.81. The van der Waals surface area contributed by atoms with E-state index >= 15 is 0 Å². The summed E-state index contributed by atoms with van der Waals surface area (Å²) in [5.74, 6) is -1.42. The Balaban J connectivity index is 1.92. The SMILES string of the molecule is COC(=O)c1cc([C@@H](CS(=O)(=O)Cc2cnc3ccccc3c2)N(O)C=O)ccc1OC. The summed E-state index contributed by atoms with van der Waals surface area (Å²) in [6.45, 7) is 0. The second-order valence-electron chi connectivity index (χ2n) is 7.04. The Morgan fingerprint density at radius 1 is 1.19 bits per heavy atom. The lowest BCUT2D eigenvalue weighted by atomic mass is 10.0. The number of aromatic nitrogens is 1. The van der Waals surface area contributed by atoms with Crippen LogP contribution in [0.5, 0.6) is 5.75 Å². The van der Waals surface area contributed by atoms with Crippen LogP contribution in [0.25, 0.3) is 10.9 Å². The number of amides is 1. The largest absolute Gasteiger partial charge is 0.496 e. The molecule has 1 amide bonds. The Morgan fingerprint density at radius 2 is 1.94 bits per heavy atom. The molecule has 32 heavy (non-hydrogen) atoms. The number of carbonyl (C=O) groups is 2. The van der Waals surface area contributed by atoms with Gasteiger partial charge in [0.05, 0.1) is 37.3 Å². The van der Waals surface area contributed by atoms with Gasteiger partial charge in [-0.3, -0.25) is 15.0 Å². The quantitative estimate of drug-likeness (QED) is 0.225. The van der Waals surface area contributed by atoms with Crippen LogP contribution in [0.3, 0.4) is 0 Å². The zero-order valence-electron chi connectivity index (χ0n) is 17.5. The molecule has 3 rings (SSSR count). The Hall–Kier alpha value is -3.50. The number of rotatable bonds is 9. The molecule has 0 spiro atoms. The minimum absolute atomic E-state index is 0.0351. The van der Waals surface area contributed by atoms with Gasteiger partial charge in [-0.1, -0.05) is 24.3 Å². The van der Waals surface area contributed by atoms with E-state index in [9.17, 15) is 23.2 Å². The molecule has 9 nitrogen and oxygen atoms in total. The van der Waals surface area contributed by atoms with E-state index in [2.05, 4.69) is 4.98 Å². The highest BCUT2D eigenvalue weighted by Gasteiger charge is 2.28. The second kappa shape index (κ2) is 9.75. The summed E-state index contributed by atoms with van der Waals surface area (Å²) in [4.78, 5) is 27.6. The number of hydrogen-bond donors (Lipinski definition) is 1. The first kappa shape index (κ1) is 23.2. The molecule has 0 fully saturated rings. The van der Waals surface area contributed by atoms with Gasteiger partial charge in [0, 0.05) is 11.6 Å². The summed E-state index contributed by atoms with van der Waals surface area (Å²) in [5.41, 5.74) is 1.47. The highest BCUT2D eigenvalue weighted by molar-refractivity contribution is 7.90. The first-order valence-corrected chi connectivity index (χ1v) is 11.3. The molecule has 0 aliphatic heterocycles. The number of hydroxylamine groups is 2. The highest BCUT2D eigenvalue weighted by Crippen LogP contribution is 2.28. The van der Waals surface area contributed by atoms with E-state index < -0.39 is 27.6 Å². The molecule has 1 heterocycles. The van der Waals surface area contributed by atoms with E-state index in [1.807, 2.05) is 24.3 Å². The lowest BCUT2D eigenvalue weighted by molar-refractivity contribution is -0.158. The van der Waals surface area contributed by atoms with Crippen molar-refractivity contribution in [2.75, 3.05) is 20.0 Å². The fourth-order valence-electron chi connectivity index (χ4n) is 3.35. The standard InChI is InChI=1S/C22H22N2O7S/c1-30-21-8-7-17(10-18(21)22(26)31-2)20(24(27)14-25)13-32(28,29)12-15-9-16-5-3-4-6-19(16)23-11-15/h3-11,14,20,27H,12-13H2,1-2H3/t20-/m1/s1. The van der Waals surface area contributed by atoms with Crippen LogP contribution >= 0.6 is 0 Å². The third-order valence-corrected chi connectivity index (χ3v) is 6.48. The lowest BCUT2D eigenvalue weighted by Crippen LogP contribution is -2.30. The molecular formula is C22H22N2O7S. The average molecular weight is 458 g/mol. The molecule has 0 saturated heterocycles. The van der Waals surface area contributed by atoms with Crippen molar-refractivity contribution < 1.29 is 32.7 Å². The fraction of sp³-hybridized carbons (Fsp3) is 0.227. The predicted octanol–water partition coefficient (Wildman–Crippen LogP) is 2.53. The molecular weight excluding hydrogens is 436 g/mol. The number of fused-ring (bicyclic) bond motifs is 1. The molecule has 0 saturated carbocycles. The van der Waals surface area contributed by atoms with Gasteiger partial charge in [-0.15, -0.1) is 0 Å². The summed E-state index contributed by atoms with van der Waals surface area (Å²) < 4.78 is 35.7. The average Bonchev–Trinajstić information content (AvgIpc) is 2.80. The van der Waals surface area contributed by atoms with E-state index in [1.54, 1.807) is 6.07 Å². The maximum atomic E-state index is 12.9. The summed E-state index contributed by atoms with van der Waals surface area (Å²) >= 11 is 0. The van der Waals surface area contributed by atoms with Crippen molar-refractivity contribution >= 4 is 33.1 Å². The number of esters is 1. The number of carbonyl (C=O) groups excluding carboxylic acids is 2. The van der Waals surface area contributed by atoms with E-state index in [-0.39, 0.29) is 34.1 Å². The van der Waals surface area contributed by atoms with Crippen LogP contribution < -0.4 is 4.74 Å². The van der Waals surface area contributed by atoms with Crippen LogP contribution in [0.2, 0.25) is 0 Å². The fourth-order valence-corrected chi connectivity index (χ4v) is 4.96. The molecule has 10 heteroatoms. The molecule has 1 aromatic heterocycles. The maximum absolute atomic E-state index is 12.9. The number of benzene rings is 2. The van der Waals surface area contributed by atoms with Crippen molar-refractivity contribution in [1.82, 2.24) is 10.0 Å². The Morgan fingerprint density at radius 3 is 2.62 bits per heavy atom. The van der Waals surface area contributed by atoms with Crippen molar-refractivity contribution in [3.63, 3.8) is 0 Å². The molecule has 168 valence electrons. The molecule has 0 aliphatic carbocycles. The van der Waals surface area contributed by atoms with Gasteiger partial charge in [0.2, 0.25) is 6.41 Å². The first-order chi connectivity index (χ1) is 15.3. The Labute approximate surface area is 185 Å². The zero-order valence-corrected chi connectivity index (χ0v) is 18.3. The predicted molar refractivity (Wildman–Crippen MR) is 116 cm³/mol. The molecule has 0 radical (unpaired) electrons. The molecule has 1 N–H and O–H groups in total. The zero-order chi connectivity index (χ0) is 23.3. The maximum Gasteiger partial charge on any atom is 0.341 e. The van der Waals surface area contributed by atoms with Crippen molar-refractivity contribution in [3.8, 4) is 5.75 Å². The summed E-state index contributed by atoms with van der Waals surface area (Å²) in [6, 6.07) is 12.0. The number of methoxy groups -OCH3 is 2. The monoisotopic (exact) mass is 458 g/mol. The Kier molecular flexibility index (Phi) is 7.06. The third-order valence-electron chi connectivity index (χ3n) is 4.89. The molecule has 0 bridgehead atoms. The molecule has 0 aliphatic rings. The smallest absolute Gasteiger partial charge is 0.341 e. The number of hydrogen-bond acceptors (Lipinski definition) is 8. The number of para-hydroxylation sites is 1. The molecule has 3 aromatic rings. The van der Waals surface area contributed by atoms with Gasteiger partial charge in [-0.05, 0) is 35.4 Å². The summed E-state index contributed by atoms with van der Waals surface area (Å²) in [6.07, 6.45) is 1.59. The summed E-state index contributed by atoms with van der Waals surface area (Å²) in [5, 5.41) is 11.2. The van der Waals surface area contributed by atoms with Crippen LogP contribution in [0, 0.1) is 0 Å². The van der Waals surface area contributed by atoms with Gasteiger partial charge in [0.1, 0.15) is 11.3 Å². The van der Waals surface area contributed by atoms with E-state index in [1.165, 1.54) is 38.6 Å². The van der Waals surface area contributed by atoms with Gasteiger partial charge in [0.15, 0.2) is 9.84 Å². The molecule has 2 aromatic carbocycles. The van der Waals surface area contributed by atoms with Crippen molar-refractivity contribution in [1.29, 1.82) is 0 Å². The van der Waals surface area contributed by atoms with E-state index in [0.717, 1.165) is 10.9 Å². The Bertz CT molecular complexity index is 1240. The van der Waals surface area contributed by atoms with Gasteiger partial charge in [-0.25, -0.2) is 18.3 Å². The number of ether oxygens (including phenoxy) is 2. The van der Waals surface area contributed by atoms with Gasteiger partial charge < -0.3 is 9.47 Å². The number of sulfone groups is 1. The van der Waals surface area contributed by atoms with Crippen LogP contribution in [-0.2, 0) is 25.1 Å². The first-order valence-electron chi connectivity index (χ1n) is 9.51. The number of nitrogens with zero attached hydrogens (tertiary/aromatic N) is 2. The normalized spacial score (nSPS) is 12.2. The lowest BCUT2D eigenvalue weighted by Gasteiger charge is -2.23. The van der Waals surface area contributed by atoms with Crippen molar-refractivity contribution in [3.05, 3.63) is 71.4 Å². The minimum Gasteiger partial charge on any atom is -0.496 e. The van der Waals surface area contributed by atoms with Crippen LogP contribution in [0.15, 0.2) is 54.7 Å². The van der Waals surface area contributed by atoms with Crippen LogP contribution in [-0.4, -0.2) is 56.0 Å². The van der Waals surface area contributed by atoms with E-state index in [4.69, 9.17) is 9.47 Å². The topological polar surface area (TPSA) is 123 Å². The third kappa shape index (κ3) is 5.21. The highest BCUT2D eigenvalue weighted by atomic mass is 32.2. The second-order valence-corrected chi connectivity index (χ2v) is 9.15. The van der Waals surface area contributed by atoms with Crippen molar-refractivity contribution in [2.24, 2.45) is 0 Å². The van der Waals surface area contributed by atoms with Gasteiger partial charge >= 0.3 is 5.97 Å².